The van der Waals surface area contributed by atoms with Gasteiger partial charge >= 0.3 is 0 Å². The van der Waals surface area contributed by atoms with E-state index in [9.17, 15) is 13.6 Å². The summed E-state index contributed by atoms with van der Waals surface area (Å²) >= 11 is 0. The summed E-state index contributed by atoms with van der Waals surface area (Å²) in [6.45, 7) is 2.96. The zero-order chi connectivity index (χ0) is 16.9. The SMILES string of the molecule is O=C(NCc1cccc(N2CCOCC2)n1)c1cc(F)ccc1F. The average Bonchev–Trinajstić information content (AvgIpc) is 2.63. The Morgan fingerprint density at radius 2 is 2.00 bits per heavy atom. The number of pyridine rings is 1. The Balaban J connectivity index is 1.66. The molecule has 1 fully saturated rings. The molecule has 2 aromatic rings. The molecule has 1 saturated heterocycles. The number of nitrogens with zero attached hydrogens (tertiary/aromatic N) is 2. The molecule has 24 heavy (non-hydrogen) atoms. The van der Waals surface area contributed by atoms with Crippen molar-refractivity contribution in [2.24, 2.45) is 0 Å². The molecule has 0 atom stereocenters. The van der Waals surface area contributed by atoms with Crippen molar-refractivity contribution in [2.75, 3.05) is 31.2 Å². The van der Waals surface area contributed by atoms with Gasteiger partial charge in [-0.2, -0.15) is 0 Å². The Bertz CT molecular complexity index is 734. The zero-order valence-electron chi connectivity index (χ0n) is 13.0. The second-order valence-electron chi connectivity index (χ2n) is 5.39. The van der Waals surface area contributed by atoms with E-state index in [1.54, 1.807) is 6.07 Å². The van der Waals surface area contributed by atoms with Crippen molar-refractivity contribution in [1.29, 1.82) is 0 Å². The number of hydrogen-bond acceptors (Lipinski definition) is 4. The maximum absolute atomic E-state index is 13.6. The van der Waals surface area contributed by atoms with Gasteiger partial charge in [-0.3, -0.25) is 4.79 Å². The van der Waals surface area contributed by atoms with Gasteiger partial charge in [-0.1, -0.05) is 6.07 Å². The number of morpholine rings is 1. The molecule has 0 aliphatic carbocycles. The predicted molar refractivity (Wildman–Crippen MR) is 84.8 cm³/mol. The van der Waals surface area contributed by atoms with E-state index >= 15 is 0 Å². The minimum Gasteiger partial charge on any atom is -0.378 e. The molecule has 5 nitrogen and oxygen atoms in total. The van der Waals surface area contributed by atoms with Crippen LogP contribution in [0.5, 0.6) is 0 Å². The molecule has 0 bridgehead atoms. The highest BCUT2D eigenvalue weighted by Crippen LogP contribution is 2.14. The Hall–Kier alpha value is -2.54. The van der Waals surface area contributed by atoms with E-state index in [1.807, 2.05) is 12.1 Å². The molecular formula is C17H17F2N3O2. The van der Waals surface area contributed by atoms with Crippen LogP contribution in [-0.2, 0) is 11.3 Å². The molecule has 3 rings (SSSR count). The Labute approximate surface area is 138 Å². The minimum absolute atomic E-state index is 0.132. The van der Waals surface area contributed by atoms with Crippen LogP contribution in [0.15, 0.2) is 36.4 Å². The highest BCUT2D eigenvalue weighted by Gasteiger charge is 2.14. The summed E-state index contributed by atoms with van der Waals surface area (Å²) < 4.78 is 32.1. The van der Waals surface area contributed by atoms with Gasteiger partial charge in [0.05, 0.1) is 31.0 Å². The number of rotatable bonds is 4. The fourth-order valence-corrected chi connectivity index (χ4v) is 2.47. The molecule has 7 heteroatoms. The topological polar surface area (TPSA) is 54.5 Å². The van der Waals surface area contributed by atoms with Crippen LogP contribution in [0, 0.1) is 11.6 Å². The fourth-order valence-electron chi connectivity index (χ4n) is 2.47. The van der Waals surface area contributed by atoms with E-state index < -0.39 is 17.5 Å². The standard InChI is InChI=1S/C17H17F2N3O2/c18-12-4-5-15(19)14(10-12)17(23)20-11-13-2-1-3-16(21-13)22-6-8-24-9-7-22/h1-5,10H,6-9,11H2,(H,20,23). The minimum atomic E-state index is -0.760. The van der Waals surface area contributed by atoms with Gasteiger partial charge in [-0.15, -0.1) is 0 Å². The Kier molecular flexibility index (Phi) is 5.00. The molecule has 1 aliphatic heterocycles. The van der Waals surface area contributed by atoms with Crippen LogP contribution in [-0.4, -0.2) is 37.2 Å². The largest absolute Gasteiger partial charge is 0.378 e. The van der Waals surface area contributed by atoms with Crippen LogP contribution < -0.4 is 10.2 Å². The number of aromatic nitrogens is 1. The van der Waals surface area contributed by atoms with E-state index in [0.717, 1.165) is 37.1 Å². The monoisotopic (exact) mass is 333 g/mol. The van der Waals surface area contributed by atoms with Crippen molar-refractivity contribution in [2.45, 2.75) is 6.54 Å². The van der Waals surface area contributed by atoms with Crippen LogP contribution >= 0.6 is 0 Å². The lowest BCUT2D eigenvalue weighted by atomic mass is 10.2. The summed E-state index contributed by atoms with van der Waals surface area (Å²) in [5.41, 5.74) is 0.323. The molecule has 0 spiro atoms. The third-order valence-electron chi connectivity index (χ3n) is 3.73. The first kappa shape index (κ1) is 16.3. The summed E-state index contributed by atoms with van der Waals surface area (Å²) in [5.74, 6) is -1.29. The molecule has 1 N–H and O–H groups in total. The summed E-state index contributed by atoms with van der Waals surface area (Å²) in [6, 6.07) is 8.29. The van der Waals surface area contributed by atoms with Crippen molar-refractivity contribution in [3.8, 4) is 0 Å². The smallest absolute Gasteiger partial charge is 0.254 e. The van der Waals surface area contributed by atoms with Gasteiger partial charge in [0.25, 0.3) is 5.91 Å². The van der Waals surface area contributed by atoms with E-state index in [4.69, 9.17) is 4.74 Å². The van der Waals surface area contributed by atoms with Crippen LogP contribution in [0.3, 0.4) is 0 Å². The van der Waals surface area contributed by atoms with Gasteiger partial charge in [-0.05, 0) is 30.3 Å². The Morgan fingerprint density at radius 1 is 1.21 bits per heavy atom. The van der Waals surface area contributed by atoms with E-state index in [0.29, 0.717) is 18.9 Å². The third kappa shape index (κ3) is 3.86. The van der Waals surface area contributed by atoms with Crippen molar-refractivity contribution in [3.05, 3.63) is 59.3 Å². The molecule has 1 amide bonds. The quantitative estimate of drug-likeness (QED) is 0.931. The van der Waals surface area contributed by atoms with Gasteiger partial charge in [0.2, 0.25) is 0 Å². The van der Waals surface area contributed by atoms with Gasteiger partial charge in [0.15, 0.2) is 0 Å². The van der Waals surface area contributed by atoms with Crippen LogP contribution in [0.2, 0.25) is 0 Å². The number of benzene rings is 1. The molecule has 2 heterocycles. The van der Waals surface area contributed by atoms with Crippen LogP contribution in [0.1, 0.15) is 16.1 Å². The first-order valence-electron chi connectivity index (χ1n) is 7.65. The zero-order valence-corrected chi connectivity index (χ0v) is 13.0. The summed E-state index contributed by atoms with van der Waals surface area (Å²) in [5, 5.41) is 2.56. The van der Waals surface area contributed by atoms with E-state index in [2.05, 4.69) is 15.2 Å². The number of ether oxygens (including phenoxy) is 1. The average molecular weight is 333 g/mol. The normalized spacial score (nSPS) is 14.5. The molecule has 0 radical (unpaired) electrons. The highest BCUT2D eigenvalue weighted by atomic mass is 19.1. The van der Waals surface area contributed by atoms with Crippen LogP contribution in [0.4, 0.5) is 14.6 Å². The first-order valence-corrected chi connectivity index (χ1v) is 7.65. The van der Waals surface area contributed by atoms with Crippen molar-refractivity contribution in [3.63, 3.8) is 0 Å². The van der Waals surface area contributed by atoms with Crippen molar-refractivity contribution in [1.82, 2.24) is 10.3 Å². The molecule has 0 saturated carbocycles. The number of hydrogen-bond donors (Lipinski definition) is 1. The van der Waals surface area contributed by atoms with Gasteiger partial charge in [0.1, 0.15) is 17.5 Å². The molecule has 0 unspecified atom stereocenters. The molecular weight excluding hydrogens is 316 g/mol. The second kappa shape index (κ2) is 7.35. The number of nitrogens with one attached hydrogen (secondary N) is 1. The van der Waals surface area contributed by atoms with Crippen molar-refractivity contribution >= 4 is 11.7 Å². The molecule has 1 aromatic heterocycles. The number of halogens is 2. The van der Waals surface area contributed by atoms with Crippen molar-refractivity contribution < 1.29 is 18.3 Å². The molecule has 126 valence electrons. The van der Waals surface area contributed by atoms with Gasteiger partial charge in [0, 0.05) is 13.1 Å². The molecule has 1 aromatic carbocycles. The van der Waals surface area contributed by atoms with E-state index in [-0.39, 0.29) is 12.1 Å². The van der Waals surface area contributed by atoms with Gasteiger partial charge in [-0.25, -0.2) is 13.8 Å². The second-order valence-corrected chi connectivity index (χ2v) is 5.39. The third-order valence-corrected chi connectivity index (χ3v) is 3.73. The number of carbonyl (C=O) groups is 1. The fraction of sp³-hybridized carbons (Fsp3) is 0.294. The van der Waals surface area contributed by atoms with Gasteiger partial charge < -0.3 is 15.0 Å². The summed E-state index contributed by atoms with van der Waals surface area (Å²) in [4.78, 5) is 18.6. The predicted octanol–water partition coefficient (Wildman–Crippen LogP) is 2.13. The maximum atomic E-state index is 13.6. The lowest BCUT2D eigenvalue weighted by molar-refractivity contribution is 0.0946. The van der Waals surface area contributed by atoms with Crippen LogP contribution in [0.25, 0.3) is 0 Å². The van der Waals surface area contributed by atoms with E-state index in [1.165, 1.54) is 0 Å². The maximum Gasteiger partial charge on any atom is 0.254 e. The number of anilines is 1. The lowest BCUT2D eigenvalue weighted by Crippen LogP contribution is -2.37. The lowest BCUT2D eigenvalue weighted by Gasteiger charge is -2.28. The molecule has 1 aliphatic rings. The summed E-state index contributed by atoms with van der Waals surface area (Å²) in [7, 11) is 0. The number of amides is 1. The number of carbonyl (C=O) groups excluding carboxylic acids is 1. The highest BCUT2D eigenvalue weighted by molar-refractivity contribution is 5.94. The summed E-state index contributed by atoms with van der Waals surface area (Å²) in [6.07, 6.45) is 0. The Morgan fingerprint density at radius 3 is 2.79 bits per heavy atom. The first-order chi connectivity index (χ1) is 11.6.